The molecule has 0 radical (unpaired) electrons. The fraction of sp³-hybridized carbons (Fsp3) is 0.524. The van der Waals surface area contributed by atoms with E-state index in [9.17, 15) is 15.2 Å². The number of nitrogens with zero attached hydrogens (tertiary/aromatic N) is 4. The average Bonchev–Trinajstić information content (AvgIpc) is 3.10. The Labute approximate surface area is 169 Å². The number of aliphatic hydroxyl groups is 1. The molecule has 1 aliphatic heterocycles. The highest BCUT2D eigenvalue weighted by atomic mass is 16.3. The number of hydrogen-bond donors (Lipinski definition) is 3. The fourth-order valence-electron chi connectivity index (χ4n) is 5.03. The third-order valence-corrected chi connectivity index (χ3v) is 6.81. The lowest BCUT2D eigenvalue weighted by atomic mass is 9.99. The lowest BCUT2D eigenvalue weighted by Gasteiger charge is -2.32. The molecular formula is C21H26N6O2. The zero-order valence-corrected chi connectivity index (χ0v) is 17.0. The number of aliphatic hydroxyl groups excluding tert-OH is 1. The number of fused-ring (bicyclic) bond motifs is 2. The number of amides is 1. The molecule has 8 nitrogen and oxygen atoms in total. The largest absolute Gasteiger partial charge is 0.373 e. The number of rotatable bonds is 5. The first-order valence-electron chi connectivity index (χ1n) is 9.80. The Bertz CT molecular complexity index is 1040. The van der Waals surface area contributed by atoms with Gasteiger partial charge in [-0.05, 0) is 42.7 Å². The van der Waals surface area contributed by atoms with Gasteiger partial charge < -0.3 is 15.8 Å². The smallest absolute Gasteiger partial charge is 0.239 e. The molecule has 4 rings (SSSR count). The first kappa shape index (κ1) is 19.6. The Morgan fingerprint density at radius 2 is 2.21 bits per heavy atom. The van der Waals surface area contributed by atoms with E-state index in [1.54, 1.807) is 15.6 Å². The van der Waals surface area contributed by atoms with Gasteiger partial charge in [-0.2, -0.15) is 10.4 Å². The van der Waals surface area contributed by atoms with Crippen LogP contribution in [0, 0.1) is 47.8 Å². The number of carbonyl (C=O) groups excluding carboxylic acids is 1. The van der Waals surface area contributed by atoms with Crippen LogP contribution in [0.3, 0.4) is 0 Å². The lowest BCUT2D eigenvalue weighted by molar-refractivity contribution is -0.130. The van der Waals surface area contributed by atoms with Crippen LogP contribution < -0.4 is 5.32 Å². The molecule has 1 saturated heterocycles. The third-order valence-electron chi connectivity index (χ3n) is 6.81. The van der Waals surface area contributed by atoms with Gasteiger partial charge in [0.15, 0.2) is 0 Å². The normalized spacial score (nSPS) is 27.1. The highest BCUT2D eigenvalue weighted by Crippen LogP contribution is 2.65. The standard InChI is InChI=1S/C21H26N6O2/c1-11-5-6-12(2)27-18(11)13(9-24-27)15(7-22)25-20(29)19-17-14(21(17,3)4)10-26(19)16(28)8-23/h5-6,8-9,14-17,19,23,28H,10H2,1-4H3,(H,25,29)/t14?,15?,16?,17-,19-/m0/s1. The summed E-state index contributed by atoms with van der Waals surface area (Å²) in [5.74, 6) is 0.111. The van der Waals surface area contributed by atoms with Crippen LogP contribution in [-0.2, 0) is 4.79 Å². The minimum atomic E-state index is -1.10. The van der Waals surface area contributed by atoms with Gasteiger partial charge in [0.1, 0.15) is 12.3 Å². The van der Waals surface area contributed by atoms with E-state index in [-0.39, 0.29) is 17.2 Å². The molecule has 1 aliphatic carbocycles. The monoisotopic (exact) mass is 394 g/mol. The van der Waals surface area contributed by atoms with E-state index in [0.29, 0.717) is 18.0 Å². The second kappa shape index (κ2) is 6.65. The van der Waals surface area contributed by atoms with E-state index in [0.717, 1.165) is 23.0 Å². The molecule has 2 aromatic rings. The second-order valence-corrected chi connectivity index (χ2v) is 8.76. The summed E-state index contributed by atoms with van der Waals surface area (Å²) in [6.07, 6.45) is 1.47. The number of aryl methyl sites for hydroxylation is 2. The van der Waals surface area contributed by atoms with Crippen LogP contribution in [0.2, 0.25) is 0 Å². The number of aromatic nitrogens is 2. The lowest BCUT2D eigenvalue weighted by Crippen LogP contribution is -2.52. The third kappa shape index (κ3) is 2.84. The van der Waals surface area contributed by atoms with E-state index in [1.807, 2.05) is 26.0 Å². The van der Waals surface area contributed by atoms with Crippen molar-refractivity contribution in [1.29, 1.82) is 10.7 Å². The van der Waals surface area contributed by atoms with Crippen molar-refractivity contribution in [2.24, 2.45) is 17.3 Å². The number of carbonyl (C=O) groups is 1. The molecule has 1 saturated carbocycles. The van der Waals surface area contributed by atoms with Crippen LogP contribution in [-0.4, -0.2) is 50.6 Å². The molecule has 2 aliphatic rings. The number of pyridine rings is 1. The summed E-state index contributed by atoms with van der Waals surface area (Å²) in [5.41, 5.74) is 3.41. The zero-order valence-electron chi connectivity index (χ0n) is 17.0. The summed E-state index contributed by atoms with van der Waals surface area (Å²) in [6.45, 7) is 8.70. The molecule has 29 heavy (non-hydrogen) atoms. The topological polar surface area (TPSA) is 118 Å². The number of likely N-dealkylation sites (tertiary alicyclic amines) is 1. The maximum absolute atomic E-state index is 13.2. The summed E-state index contributed by atoms with van der Waals surface area (Å²) < 4.78 is 1.78. The van der Waals surface area contributed by atoms with Gasteiger partial charge in [0.05, 0.1) is 23.8 Å². The molecular weight excluding hydrogens is 368 g/mol. The van der Waals surface area contributed by atoms with Gasteiger partial charge >= 0.3 is 0 Å². The molecule has 2 fully saturated rings. The first-order chi connectivity index (χ1) is 13.7. The van der Waals surface area contributed by atoms with Crippen molar-refractivity contribution in [3.8, 4) is 6.07 Å². The predicted octanol–water partition coefficient (Wildman–Crippen LogP) is 1.56. The highest BCUT2D eigenvalue weighted by Gasteiger charge is 2.69. The Morgan fingerprint density at radius 1 is 1.48 bits per heavy atom. The summed E-state index contributed by atoms with van der Waals surface area (Å²) in [7, 11) is 0. The zero-order chi connectivity index (χ0) is 21.1. The van der Waals surface area contributed by atoms with Crippen molar-refractivity contribution in [2.45, 2.75) is 46.0 Å². The van der Waals surface area contributed by atoms with Gasteiger partial charge in [0, 0.05) is 24.0 Å². The molecule has 3 unspecified atom stereocenters. The maximum atomic E-state index is 13.2. The Hall–Kier alpha value is -2.76. The fourth-order valence-corrected chi connectivity index (χ4v) is 5.03. The summed E-state index contributed by atoms with van der Waals surface area (Å²) >= 11 is 0. The molecule has 3 N–H and O–H groups in total. The molecule has 1 amide bonds. The van der Waals surface area contributed by atoms with E-state index < -0.39 is 18.3 Å². The first-order valence-corrected chi connectivity index (χ1v) is 9.80. The van der Waals surface area contributed by atoms with Crippen molar-refractivity contribution in [3.05, 3.63) is 35.2 Å². The molecule has 5 atom stereocenters. The van der Waals surface area contributed by atoms with Gasteiger partial charge in [-0.25, -0.2) is 4.52 Å². The van der Waals surface area contributed by atoms with Gasteiger partial charge in [0.2, 0.25) is 5.91 Å². The van der Waals surface area contributed by atoms with Gasteiger partial charge in [-0.1, -0.05) is 19.9 Å². The van der Waals surface area contributed by atoms with Crippen LogP contribution in [0.4, 0.5) is 0 Å². The molecule has 0 aromatic carbocycles. The van der Waals surface area contributed by atoms with Gasteiger partial charge in [-0.3, -0.25) is 9.69 Å². The number of nitriles is 1. The minimum absolute atomic E-state index is 0.0144. The SMILES string of the molecule is Cc1ccc(C)n2ncc(C(C#N)NC(=O)[C@@H]3[C@@H]4C(CN3C(O)C=N)C4(C)C)c12. The van der Waals surface area contributed by atoms with E-state index in [4.69, 9.17) is 5.41 Å². The number of nitrogens with one attached hydrogen (secondary N) is 2. The van der Waals surface area contributed by atoms with Gasteiger partial charge in [0.25, 0.3) is 0 Å². The molecule has 2 aromatic heterocycles. The maximum Gasteiger partial charge on any atom is 0.239 e. The van der Waals surface area contributed by atoms with Crippen molar-refractivity contribution in [1.82, 2.24) is 19.8 Å². The van der Waals surface area contributed by atoms with Crippen molar-refractivity contribution < 1.29 is 9.90 Å². The van der Waals surface area contributed by atoms with Crippen LogP contribution in [0.5, 0.6) is 0 Å². The highest BCUT2D eigenvalue weighted by molar-refractivity contribution is 5.85. The van der Waals surface area contributed by atoms with Crippen LogP contribution >= 0.6 is 0 Å². The molecule has 0 spiro atoms. The predicted molar refractivity (Wildman–Crippen MR) is 107 cm³/mol. The average molecular weight is 394 g/mol. The number of piperidine rings is 1. The van der Waals surface area contributed by atoms with Gasteiger partial charge in [-0.15, -0.1) is 0 Å². The van der Waals surface area contributed by atoms with Crippen LogP contribution in [0.25, 0.3) is 5.52 Å². The summed E-state index contributed by atoms with van der Waals surface area (Å²) in [4.78, 5) is 14.9. The molecule has 8 heteroatoms. The van der Waals surface area contributed by atoms with E-state index in [2.05, 4.69) is 30.3 Å². The van der Waals surface area contributed by atoms with E-state index >= 15 is 0 Å². The molecule has 152 valence electrons. The summed E-state index contributed by atoms with van der Waals surface area (Å²) in [6, 6.07) is 4.72. The quantitative estimate of drug-likeness (QED) is 0.665. The van der Waals surface area contributed by atoms with Crippen LogP contribution in [0.1, 0.15) is 36.7 Å². The Kier molecular flexibility index (Phi) is 4.48. The summed E-state index contributed by atoms with van der Waals surface area (Å²) in [5, 5.41) is 34.7. The minimum Gasteiger partial charge on any atom is -0.373 e. The Balaban J connectivity index is 1.64. The van der Waals surface area contributed by atoms with Crippen molar-refractivity contribution in [3.63, 3.8) is 0 Å². The van der Waals surface area contributed by atoms with E-state index in [1.165, 1.54) is 0 Å². The van der Waals surface area contributed by atoms with Crippen LogP contribution in [0.15, 0.2) is 18.3 Å². The molecule has 3 heterocycles. The van der Waals surface area contributed by atoms with Crippen molar-refractivity contribution >= 4 is 17.6 Å². The Morgan fingerprint density at radius 3 is 2.86 bits per heavy atom. The van der Waals surface area contributed by atoms with Crippen molar-refractivity contribution in [2.75, 3.05) is 6.54 Å². The second-order valence-electron chi connectivity index (χ2n) is 8.76. The molecule has 0 bridgehead atoms. The number of hydrogen-bond acceptors (Lipinski definition) is 6.